The highest BCUT2D eigenvalue weighted by molar-refractivity contribution is 5.92. The third-order valence-corrected chi connectivity index (χ3v) is 5.60. The minimum absolute atomic E-state index is 0. The molecule has 5 nitrogen and oxygen atoms in total. The molecular weight excluding hydrogens is 348 g/mol. The van der Waals surface area contributed by atoms with Crippen LogP contribution in [0.4, 0.5) is 0 Å². The number of benzene rings is 1. The molecule has 4 rings (SSSR count). The van der Waals surface area contributed by atoms with E-state index in [-0.39, 0.29) is 24.4 Å². The first-order valence-electron chi connectivity index (χ1n) is 9.37. The molecule has 1 aliphatic heterocycles. The number of halogens is 1. The minimum Gasteiger partial charge on any atom is -0.344 e. The van der Waals surface area contributed by atoms with Crippen molar-refractivity contribution in [3.63, 3.8) is 0 Å². The van der Waals surface area contributed by atoms with Crippen molar-refractivity contribution >= 4 is 18.3 Å². The van der Waals surface area contributed by atoms with Gasteiger partial charge in [-0.25, -0.2) is 0 Å². The maximum Gasteiger partial charge on any atom is 0.272 e. The summed E-state index contributed by atoms with van der Waals surface area (Å²) in [4.78, 5) is 12.8. The van der Waals surface area contributed by atoms with Crippen molar-refractivity contribution in [2.45, 2.75) is 44.7 Å². The lowest BCUT2D eigenvalue weighted by Crippen LogP contribution is -2.36. The molecule has 2 aliphatic rings. The molecule has 6 heteroatoms. The predicted molar refractivity (Wildman–Crippen MR) is 105 cm³/mol. The van der Waals surface area contributed by atoms with E-state index in [1.165, 1.54) is 11.1 Å². The van der Waals surface area contributed by atoms with E-state index in [9.17, 15) is 4.79 Å². The molecular formula is C20H27ClN4O. The quantitative estimate of drug-likeness (QED) is 0.866. The van der Waals surface area contributed by atoms with Crippen LogP contribution >= 0.6 is 12.4 Å². The van der Waals surface area contributed by atoms with Crippen LogP contribution in [0.2, 0.25) is 0 Å². The van der Waals surface area contributed by atoms with E-state index in [0.717, 1.165) is 38.8 Å². The summed E-state index contributed by atoms with van der Waals surface area (Å²) in [6.07, 6.45) is 6.40. The first kappa shape index (κ1) is 18.9. The summed E-state index contributed by atoms with van der Waals surface area (Å²) in [7, 11) is 0. The summed E-state index contributed by atoms with van der Waals surface area (Å²) < 4.78 is 1.94. The van der Waals surface area contributed by atoms with E-state index >= 15 is 0 Å². The second kappa shape index (κ2) is 8.23. The van der Waals surface area contributed by atoms with Crippen molar-refractivity contribution in [3.05, 3.63) is 53.3 Å². The Morgan fingerprint density at radius 2 is 2.12 bits per heavy atom. The minimum atomic E-state index is -0.0731. The fourth-order valence-corrected chi connectivity index (χ4v) is 4.08. The van der Waals surface area contributed by atoms with E-state index in [4.69, 9.17) is 0 Å². The molecule has 1 amide bonds. The van der Waals surface area contributed by atoms with Crippen LogP contribution in [0.15, 0.2) is 36.5 Å². The fourth-order valence-electron chi connectivity index (χ4n) is 4.08. The van der Waals surface area contributed by atoms with Crippen LogP contribution in [-0.4, -0.2) is 28.8 Å². The van der Waals surface area contributed by atoms with Crippen LogP contribution in [0.3, 0.4) is 0 Å². The molecule has 1 aromatic heterocycles. The van der Waals surface area contributed by atoms with E-state index in [0.29, 0.717) is 17.7 Å². The van der Waals surface area contributed by atoms with Gasteiger partial charge in [0.25, 0.3) is 5.91 Å². The molecule has 1 saturated heterocycles. The van der Waals surface area contributed by atoms with Gasteiger partial charge in [0.1, 0.15) is 5.69 Å². The van der Waals surface area contributed by atoms with Crippen molar-refractivity contribution < 1.29 is 4.79 Å². The van der Waals surface area contributed by atoms with Gasteiger partial charge in [0.05, 0.1) is 12.1 Å². The van der Waals surface area contributed by atoms with Gasteiger partial charge in [-0.15, -0.1) is 12.4 Å². The summed E-state index contributed by atoms with van der Waals surface area (Å²) in [5.74, 6) is 0.361. The molecule has 2 N–H and O–H groups in total. The van der Waals surface area contributed by atoms with Crippen LogP contribution < -0.4 is 10.6 Å². The number of carbonyl (C=O) groups excluding carboxylic acids is 1. The molecule has 0 bridgehead atoms. The van der Waals surface area contributed by atoms with Crippen LogP contribution in [0, 0.1) is 5.92 Å². The first-order valence-corrected chi connectivity index (χ1v) is 9.37. The average molecular weight is 375 g/mol. The van der Waals surface area contributed by atoms with Crippen molar-refractivity contribution in [3.8, 4) is 0 Å². The van der Waals surface area contributed by atoms with Crippen LogP contribution in [0.5, 0.6) is 0 Å². The summed E-state index contributed by atoms with van der Waals surface area (Å²) in [6.45, 7) is 4.22. The Balaban J connectivity index is 0.00000196. The zero-order chi connectivity index (χ0) is 17.2. The Kier molecular flexibility index (Phi) is 5.99. The van der Waals surface area contributed by atoms with Gasteiger partial charge in [0, 0.05) is 12.7 Å². The molecule has 3 unspecified atom stereocenters. The average Bonchev–Trinajstić information content (AvgIpc) is 3.15. The summed E-state index contributed by atoms with van der Waals surface area (Å²) >= 11 is 0. The molecule has 1 aliphatic carbocycles. The molecule has 0 spiro atoms. The van der Waals surface area contributed by atoms with Gasteiger partial charge in [-0.2, -0.15) is 5.10 Å². The van der Waals surface area contributed by atoms with Gasteiger partial charge >= 0.3 is 0 Å². The zero-order valence-electron chi connectivity index (χ0n) is 15.1. The monoisotopic (exact) mass is 374 g/mol. The van der Waals surface area contributed by atoms with Gasteiger partial charge in [-0.3, -0.25) is 9.48 Å². The van der Waals surface area contributed by atoms with E-state index in [1.807, 2.05) is 16.9 Å². The molecule has 3 atom stereocenters. The van der Waals surface area contributed by atoms with Crippen LogP contribution in [0.25, 0.3) is 0 Å². The maximum absolute atomic E-state index is 12.8. The number of nitrogens with one attached hydrogen (secondary N) is 2. The van der Waals surface area contributed by atoms with E-state index in [2.05, 4.69) is 46.9 Å². The third kappa shape index (κ3) is 3.79. The second-order valence-electron chi connectivity index (χ2n) is 7.35. The highest BCUT2D eigenvalue weighted by Gasteiger charge is 2.28. The van der Waals surface area contributed by atoms with Gasteiger partial charge in [-0.1, -0.05) is 31.2 Å². The number of carbonyl (C=O) groups is 1. The molecule has 2 aromatic rings. The maximum atomic E-state index is 12.8. The lowest BCUT2D eigenvalue weighted by atomic mass is 9.80. The Labute approximate surface area is 161 Å². The summed E-state index contributed by atoms with van der Waals surface area (Å²) in [5.41, 5.74) is 3.12. The van der Waals surface area contributed by atoms with Gasteiger partial charge in [0.15, 0.2) is 0 Å². The molecule has 0 radical (unpaired) electrons. The number of aryl methyl sites for hydroxylation is 1. The summed E-state index contributed by atoms with van der Waals surface area (Å²) in [5, 5.41) is 11.2. The highest BCUT2D eigenvalue weighted by atomic mass is 35.5. The Morgan fingerprint density at radius 1 is 1.27 bits per heavy atom. The molecule has 140 valence electrons. The van der Waals surface area contributed by atoms with Crippen molar-refractivity contribution in [2.75, 3.05) is 13.1 Å². The molecule has 26 heavy (non-hydrogen) atoms. The van der Waals surface area contributed by atoms with Crippen molar-refractivity contribution in [2.24, 2.45) is 5.92 Å². The second-order valence-corrected chi connectivity index (χ2v) is 7.35. The number of hydrogen-bond donors (Lipinski definition) is 2. The number of rotatable bonds is 3. The number of amides is 1. The third-order valence-electron chi connectivity index (χ3n) is 5.60. The van der Waals surface area contributed by atoms with E-state index in [1.54, 1.807) is 0 Å². The van der Waals surface area contributed by atoms with E-state index < -0.39 is 0 Å². The van der Waals surface area contributed by atoms with Crippen molar-refractivity contribution in [1.29, 1.82) is 0 Å². The van der Waals surface area contributed by atoms with Crippen molar-refractivity contribution in [1.82, 2.24) is 20.4 Å². The van der Waals surface area contributed by atoms with Crippen LogP contribution in [0.1, 0.15) is 59.9 Å². The lowest BCUT2D eigenvalue weighted by Gasteiger charge is -2.31. The zero-order valence-corrected chi connectivity index (χ0v) is 16.0. The predicted octanol–water partition coefficient (Wildman–Crippen LogP) is 3.28. The molecule has 1 aromatic carbocycles. The number of fused-ring (bicyclic) bond motifs is 1. The molecule has 2 heterocycles. The highest BCUT2D eigenvalue weighted by Crippen LogP contribution is 2.34. The van der Waals surface area contributed by atoms with Gasteiger partial charge in [0.2, 0.25) is 0 Å². The summed E-state index contributed by atoms with van der Waals surface area (Å²) in [6, 6.07) is 10.7. The Morgan fingerprint density at radius 3 is 2.92 bits per heavy atom. The fraction of sp³-hybridized carbons (Fsp3) is 0.500. The number of piperidine rings is 1. The van der Waals surface area contributed by atoms with Gasteiger partial charge < -0.3 is 10.6 Å². The Hall–Kier alpha value is -1.85. The smallest absolute Gasteiger partial charge is 0.272 e. The number of nitrogens with zero attached hydrogens (tertiary/aromatic N) is 2. The normalized spacial score (nSPS) is 25.0. The number of aromatic nitrogens is 2. The topological polar surface area (TPSA) is 59.0 Å². The largest absolute Gasteiger partial charge is 0.344 e. The SMILES string of the molecule is CC1CCc2ccccc2C1NC(=O)c1ccn(C2CCCNC2)n1.Cl. The number of hydrogen-bond acceptors (Lipinski definition) is 3. The first-order chi connectivity index (χ1) is 12.2. The van der Waals surface area contributed by atoms with Gasteiger partial charge in [-0.05, 0) is 55.3 Å². The Bertz CT molecular complexity index is 754. The molecule has 1 fully saturated rings. The standard InChI is InChI=1S/C20H26N4O.ClH/c1-14-8-9-15-5-2-3-7-17(15)19(14)22-20(25)18-10-12-24(23-18)16-6-4-11-21-13-16;/h2-3,5,7,10,12,14,16,19,21H,4,6,8-9,11,13H2,1H3,(H,22,25);1H. The van der Waals surface area contributed by atoms with Crippen LogP contribution in [-0.2, 0) is 6.42 Å². The lowest BCUT2D eigenvalue weighted by molar-refractivity contribution is 0.0913. The molecule has 0 saturated carbocycles.